The summed E-state index contributed by atoms with van der Waals surface area (Å²) >= 11 is 0. The van der Waals surface area contributed by atoms with Gasteiger partial charge < -0.3 is 10.1 Å². The molecule has 1 saturated heterocycles. The summed E-state index contributed by atoms with van der Waals surface area (Å²) in [6.07, 6.45) is 0. The summed E-state index contributed by atoms with van der Waals surface area (Å²) in [6.45, 7) is 5.41. The topological polar surface area (TPSA) is 38.3 Å². The molecule has 3 nitrogen and oxygen atoms in total. The van der Waals surface area contributed by atoms with Crippen molar-refractivity contribution in [2.24, 2.45) is 17.3 Å². The quantitative estimate of drug-likeness (QED) is 0.577. The van der Waals surface area contributed by atoms with Crippen molar-refractivity contribution in [3.05, 3.63) is 0 Å². The maximum absolute atomic E-state index is 11.3. The van der Waals surface area contributed by atoms with E-state index in [2.05, 4.69) is 19.2 Å². The molecule has 0 bridgehead atoms. The molecule has 1 heterocycles. The van der Waals surface area contributed by atoms with E-state index in [0.717, 1.165) is 6.54 Å². The van der Waals surface area contributed by atoms with E-state index in [-0.39, 0.29) is 12.0 Å². The van der Waals surface area contributed by atoms with E-state index in [1.54, 1.807) is 0 Å². The van der Waals surface area contributed by atoms with Gasteiger partial charge in [0.15, 0.2) is 0 Å². The summed E-state index contributed by atoms with van der Waals surface area (Å²) in [5.74, 6) is 1.08. The lowest BCUT2D eigenvalue weighted by molar-refractivity contribution is -0.143. The van der Waals surface area contributed by atoms with Gasteiger partial charge in [0.2, 0.25) is 0 Å². The molecule has 2 aliphatic rings. The number of esters is 1. The Morgan fingerprint density at radius 2 is 2.25 bits per heavy atom. The molecule has 2 fully saturated rings. The van der Waals surface area contributed by atoms with Crippen molar-refractivity contribution in [2.45, 2.75) is 19.9 Å². The third-order valence-electron chi connectivity index (χ3n) is 3.51. The first-order chi connectivity index (χ1) is 5.59. The van der Waals surface area contributed by atoms with E-state index >= 15 is 0 Å². The maximum atomic E-state index is 11.3. The second-order valence-corrected chi connectivity index (χ2v) is 4.36. The molecule has 3 heteroatoms. The van der Waals surface area contributed by atoms with E-state index in [4.69, 9.17) is 4.74 Å². The number of nitrogens with one attached hydrogen (secondary N) is 1. The van der Waals surface area contributed by atoms with E-state index in [1.807, 2.05) is 0 Å². The van der Waals surface area contributed by atoms with Crippen LogP contribution in [-0.4, -0.2) is 25.7 Å². The number of hydrogen-bond donors (Lipinski definition) is 1. The van der Waals surface area contributed by atoms with Crippen LogP contribution >= 0.6 is 0 Å². The summed E-state index contributed by atoms with van der Waals surface area (Å²) < 4.78 is 4.72. The first-order valence-corrected chi connectivity index (χ1v) is 4.40. The van der Waals surface area contributed by atoms with Crippen LogP contribution in [0.25, 0.3) is 0 Å². The van der Waals surface area contributed by atoms with Crippen molar-refractivity contribution in [3.63, 3.8) is 0 Å². The van der Waals surface area contributed by atoms with E-state index in [0.29, 0.717) is 17.3 Å². The van der Waals surface area contributed by atoms with Gasteiger partial charge in [-0.1, -0.05) is 13.8 Å². The highest BCUT2D eigenvalue weighted by Crippen LogP contribution is 2.62. The average molecular weight is 169 g/mol. The Balaban J connectivity index is 2.08. The van der Waals surface area contributed by atoms with Crippen molar-refractivity contribution in [1.29, 1.82) is 0 Å². The Morgan fingerprint density at radius 3 is 2.67 bits per heavy atom. The van der Waals surface area contributed by atoms with Crippen molar-refractivity contribution < 1.29 is 9.53 Å². The summed E-state index contributed by atoms with van der Waals surface area (Å²) in [5, 5.41) is 3.19. The smallest absolute Gasteiger partial charge is 0.323 e. The molecule has 12 heavy (non-hydrogen) atoms. The number of carbonyl (C=O) groups is 1. The van der Waals surface area contributed by atoms with Crippen LogP contribution < -0.4 is 5.32 Å². The molecule has 0 radical (unpaired) electrons. The number of rotatable bonds is 1. The Kier molecular flexibility index (Phi) is 1.49. The second kappa shape index (κ2) is 2.22. The van der Waals surface area contributed by atoms with Crippen molar-refractivity contribution in [3.8, 4) is 0 Å². The molecule has 0 aromatic rings. The van der Waals surface area contributed by atoms with Gasteiger partial charge in [0.05, 0.1) is 7.11 Å². The van der Waals surface area contributed by atoms with E-state index in [9.17, 15) is 4.79 Å². The van der Waals surface area contributed by atoms with E-state index < -0.39 is 0 Å². The molecule has 0 aromatic heterocycles. The summed E-state index contributed by atoms with van der Waals surface area (Å²) in [5.41, 5.74) is 0.351. The van der Waals surface area contributed by atoms with Gasteiger partial charge in [-0.15, -0.1) is 0 Å². The highest BCUT2D eigenvalue weighted by molar-refractivity contribution is 5.77. The van der Waals surface area contributed by atoms with Gasteiger partial charge in [0.25, 0.3) is 0 Å². The molecule has 68 valence electrons. The normalized spacial score (nSPS) is 42.1. The zero-order chi connectivity index (χ0) is 8.93. The molecule has 1 saturated carbocycles. The number of fused-ring (bicyclic) bond motifs is 1. The van der Waals surface area contributed by atoms with E-state index in [1.165, 1.54) is 7.11 Å². The molecule has 3 atom stereocenters. The van der Waals surface area contributed by atoms with Gasteiger partial charge in [-0.2, -0.15) is 0 Å². The first-order valence-electron chi connectivity index (χ1n) is 4.40. The SMILES string of the molecule is COC(=O)[C@H]1NC[C@H]2C1C2(C)C. The predicted molar refractivity (Wildman–Crippen MR) is 44.6 cm³/mol. The fraction of sp³-hybridized carbons (Fsp3) is 0.889. The maximum Gasteiger partial charge on any atom is 0.323 e. The zero-order valence-corrected chi connectivity index (χ0v) is 7.76. The third kappa shape index (κ3) is 0.829. The van der Waals surface area contributed by atoms with Gasteiger partial charge in [-0.3, -0.25) is 4.79 Å². The van der Waals surface area contributed by atoms with Crippen LogP contribution in [0.4, 0.5) is 0 Å². The van der Waals surface area contributed by atoms with Crippen LogP contribution in [0.2, 0.25) is 0 Å². The van der Waals surface area contributed by atoms with Gasteiger partial charge >= 0.3 is 5.97 Å². The van der Waals surface area contributed by atoms with Gasteiger partial charge in [0, 0.05) is 0 Å². The summed E-state index contributed by atoms with van der Waals surface area (Å²) in [7, 11) is 1.45. The van der Waals surface area contributed by atoms with Crippen LogP contribution in [0.3, 0.4) is 0 Å². The number of ether oxygens (including phenoxy) is 1. The molecule has 1 unspecified atom stereocenters. The average Bonchev–Trinajstić information content (AvgIpc) is 2.52. The minimum atomic E-state index is -0.104. The van der Waals surface area contributed by atoms with Crippen molar-refractivity contribution in [1.82, 2.24) is 5.32 Å². The van der Waals surface area contributed by atoms with Crippen LogP contribution in [0, 0.1) is 17.3 Å². The van der Waals surface area contributed by atoms with Crippen LogP contribution in [0.1, 0.15) is 13.8 Å². The van der Waals surface area contributed by atoms with Crippen LogP contribution in [0.5, 0.6) is 0 Å². The molecular weight excluding hydrogens is 154 g/mol. The van der Waals surface area contributed by atoms with Gasteiger partial charge in [0.1, 0.15) is 6.04 Å². The minimum Gasteiger partial charge on any atom is -0.468 e. The number of piperidine rings is 1. The molecular formula is C9H15NO2. The molecule has 0 amide bonds. The summed E-state index contributed by atoms with van der Waals surface area (Å²) in [6, 6.07) is -0.0463. The molecule has 1 aliphatic heterocycles. The van der Waals surface area contributed by atoms with Gasteiger partial charge in [-0.25, -0.2) is 0 Å². The molecule has 0 aromatic carbocycles. The third-order valence-corrected chi connectivity index (χ3v) is 3.51. The molecule has 1 N–H and O–H groups in total. The lowest BCUT2D eigenvalue weighted by Gasteiger charge is -2.16. The largest absolute Gasteiger partial charge is 0.468 e. The Labute approximate surface area is 72.5 Å². The van der Waals surface area contributed by atoms with Crippen LogP contribution in [-0.2, 0) is 9.53 Å². The number of hydrogen-bond acceptors (Lipinski definition) is 3. The lowest BCUT2D eigenvalue weighted by atomic mass is 10.0. The first kappa shape index (κ1) is 8.05. The van der Waals surface area contributed by atoms with Crippen molar-refractivity contribution in [2.75, 3.05) is 13.7 Å². The summed E-state index contributed by atoms with van der Waals surface area (Å²) in [4.78, 5) is 11.3. The number of methoxy groups -OCH3 is 1. The minimum absolute atomic E-state index is 0.0463. The highest BCUT2D eigenvalue weighted by atomic mass is 16.5. The molecule has 0 spiro atoms. The van der Waals surface area contributed by atoms with Gasteiger partial charge in [-0.05, 0) is 23.8 Å². The number of carbonyl (C=O) groups excluding carboxylic acids is 1. The van der Waals surface area contributed by atoms with Crippen LogP contribution in [0.15, 0.2) is 0 Å². The Hall–Kier alpha value is -0.570. The second-order valence-electron chi connectivity index (χ2n) is 4.36. The fourth-order valence-electron chi connectivity index (χ4n) is 2.58. The van der Waals surface area contributed by atoms with Crippen molar-refractivity contribution >= 4 is 5.97 Å². The molecule has 1 aliphatic carbocycles. The lowest BCUT2D eigenvalue weighted by Crippen LogP contribution is -2.38. The predicted octanol–water partition coefficient (Wildman–Crippen LogP) is 0.403. The standard InChI is InChI=1S/C9H15NO2/c1-9(2)5-4-10-7(6(5)9)8(11)12-3/h5-7,10H,4H2,1-3H3/t5-,6?,7-/m0/s1. The Morgan fingerprint density at radius 1 is 1.58 bits per heavy atom. The fourth-order valence-corrected chi connectivity index (χ4v) is 2.58. The Bertz CT molecular complexity index is 225. The molecule has 2 rings (SSSR count). The zero-order valence-electron chi connectivity index (χ0n) is 7.76. The monoisotopic (exact) mass is 169 g/mol. The highest BCUT2D eigenvalue weighted by Gasteiger charge is 2.66.